The van der Waals surface area contributed by atoms with E-state index in [0.29, 0.717) is 9.79 Å². The average Bonchev–Trinajstić information content (AvgIpc) is 1.54. The molecule has 18 rings (SSSR count). The van der Waals surface area contributed by atoms with Crippen LogP contribution in [0.2, 0.25) is 91.7 Å². The molecule has 15 nitrogen and oxygen atoms in total. The normalized spacial score (nSPS) is 13.0. The summed E-state index contributed by atoms with van der Waals surface area (Å²) in [5, 5.41) is 49.9. The number of aromatic nitrogens is 4. The van der Waals surface area contributed by atoms with E-state index in [1.807, 2.05) is 54.7 Å². The second-order valence-corrected chi connectivity index (χ2v) is 69.4. The summed E-state index contributed by atoms with van der Waals surface area (Å²) in [6, 6.07) is 101. The number of carbonyl (C=O) groups is 4. The third-order valence-corrected chi connectivity index (χ3v) is 41.9. The largest absolute Gasteiger partial charge is 0.512 e. The third-order valence-electron chi connectivity index (χ3n) is 23.4. The van der Waals surface area contributed by atoms with Crippen LogP contribution in [-0.2, 0) is 109 Å². The molecule has 0 bridgehead atoms. The van der Waals surface area contributed by atoms with E-state index in [9.17, 15) is 27.6 Å². The van der Waals surface area contributed by atoms with Gasteiger partial charge >= 0.3 is 0 Å². The van der Waals surface area contributed by atoms with Gasteiger partial charge in [-0.2, -0.15) is 0 Å². The number of ketones is 4. The zero-order valence-electron chi connectivity index (χ0n) is 84.0. The topological polar surface area (TPSA) is 248 Å². The number of allylic oxidation sites excluding steroid dienone is 8. The summed E-state index contributed by atoms with van der Waals surface area (Å²) < 4.78 is 31.2. The molecule has 10 aromatic carbocycles. The summed E-state index contributed by atoms with van der Waals surface area (Å²) in [7, 11) is -12.9. The van der Waals surface area contributed by atoms with Crippen LogP contribution in [0, 0.1) is 31.2 Å². The Morgan fingerprint density at radius 2 is 0.688 bits per heavy atom. The molecule has 0 atom stereocenters. The summed E-state index contributed by atoms with van der Waals surface area (Å²) in [6.07, 6.45) is 12.8. The van der Waals surface area contributed by atoms with Crippen molar-refractivity contribution < 1.29 is 133 Å². The van der Waals surface area contributed by atoms with E-state index in [4.69, 9.17) is 39.8 Å². The minimum Gasteiger partial charge on any atom is -0.512 e. The number of carbonyl (C=O) groups excluding carboxylic acids is 4. The number of hydrogen-bond acceptors (Lipinski definition) is 15. The number of aryl methyl sites for hydroxylation is 1. The van der Waals surface area contributed by atoms with Crippen molar-refractivity contribution in [2.45, 2.75) is 164 Å². The maximum absolute atomic E-state index is 12.6. The first kappa shape index (κ1) is 117. The van der Waals surface area contributed by atoms with Crippen LogP contribution in [0.25, 0.3) is 100 Å². The predicted molar refractivity (Wildman–Crippen MR) is 582 cm³/mol. The number of rotatable bonds is 14. The van der Waals surface area contributed by atoms with E-state index in [1.54, 1.807) is 18.2 Å². The number of aliphatic hydroxyl groups excluding tert-OH is 4. The zero-order chi connectivity index (χ0) is 100. The molecule has 26 heteroatoms. The third kappa shape index (κ3) is 29.1. The van der Waals surface area contributed by atoms with Crippen LogP contribution >= 0.6 is 0 Å². The maximum atomic E-state index is 12.6. The van der Waals surface area contributed by atoms with Crippen LogP contribution in [0.3, 0.4) is 0 Å². The van der Waals surface area contributed by atoms with E-state index in [-0.39, 0.29) is 127 Å². The number of benzene rings is 10. The van der Waals surface area contributed by atoms with E-state index >= 15 is 0 Å². The molecule has 0 saturated heterocycles. The van der Waals surface area contributed by atoms with Crippen molar-refractivity contribution in [2.24, 2.45) is 0 Å². The Kier molecular flexibility index (Phi) is 41.6. The average molecular weight is 2710 g/mol. The fourth-order valence-corrected chi connectivity index (χ4v) is 31.5. The second-order valence-electron chi connectivity index (χ2n) is 39.2. The molecule has 4 radical (unpaired) electrons. The number of aliphatic hydroxyl groups is 4. The molecule has 0 saturated carbocycles. The Morgan fingerprint density at radius 1 is 0.333 bits per heavy atom. The van der Waals surface area contributed by atoms with Crippen LogP contribution < -0.4 is 51.9 Å². The molecule has 0 fully saturated rings. The van der Waals surface area contributed by atoms with Gasteiger partial charge in [0.05, 0.1) is 73.9 Å². The van der Waals surface area contributed by atoms with Gasteiger partial charge in [0.1, 0.15) is 13.7 Å². The van der Waals surface area contributed by atoms with Gasteiger partial charge in [0, 0.05) is 135 Å². The Hall–Kier alpha value is -10.7. The van der Waals surface area contributed by atoms with Gasteiger partial charge in [0.15, 0.2) is 33.0 Å². The number of sulfone groups is 1. The Bertz CT molecular complexity index is 7070. The van der Waals surface area contributed by atoms with E-state index in [1.165, 1.54) is 159 Å². The van der Waals surface area contributed by atoms with Crippen molar-refractivity contribution in [1.29, 1.82) is 0 Å². The summed E-state index contributed by atoms with van der Waals surface area (Å²) in [5.74, 6) is -0.250. The molecule has 4 N–H and O–H groups in total. The van der Waals surface area contributed by atoms with Crippen molar-refractivity contribution >= 4 is 155 Å². The molecule has 0 unspecified atom stereocenters. The first-order chi connectivity index (χ1) is 64.5. The molecule has 738 valence electrons. The van der Waals surface area contributed by atoms with Gasteiger partial charge in [-0.1, -0.05) is 323 Å². The van der Waals surface area contributed by atoms with Crippen LogP contribution in [0.1, 0.15) is 61.0 Å². The van der Waals surface area contributed by atoms with Crippen LogP contribution in [-0.4, -0.2) is 120 Å². The van der Waals surface area contributed by atoms with Crippen molar-refractivity contribution in [3.05, 3.63) is 351 Å². The van der Waals surface area contributed by atoms with Crippen LogP contribution in [0.5, 0.6) is 0 Å². The van der Waals surface area contributed by atoms with E-state index in [2.05, 4.69) is 328 Å². The second kappa shape index (κ2) is 50.0. The number of para-hydroxylation sites is 1. The fourth-order valence-electron chi connectivity index (χ4n) is 16.9. The van der Waals surface area contributed by atoms with E-state index < -0.39 is 58.3 Å². The monoisotopic (exact) mass is 2710 g/mol. The molecule has 0 aliphatic carbocycles. The van der Waals surface area contributed by atoms with Gasteiger partial charge in [-0.05, 0) is 145 Å². The smallest absolute Gasteiger partial charge is 0.173 e. The number of fused-ring (bicyclic) bond motifs is 12. The van der Waals surface area contributed by atoms with Crippen molar-refractivity contribution in [1.82, 2.24) is 19.9 Å². The van der Waals surface area contributed by atoms with Crippen molar-refractivity contribution in [2.75, 3.05) is 0 Å². The molecular formula is C115H122Ir4N4O11SSi6-4. The van der Waals surface area contributed by atoms with Gasteiger partial charge < -0.3 is 44.8 Å². The molecule has 0 spiro atoms. The van der Waals surface area contributed by atoms with Crippen LogP contribution in [0.4, 0.5) is 0 Å². The minimum absolute atomic E-state index is 0. The van der Waals surface area contributed by atoms with Gasteiger partial charge in [0.25, 0.3) is 0 Å². The Balaban J connectivity index is 0.000000233. The zero-order valence-corrected chi connectivity index (χ0v) is 100. The summed E-state index contributed by atoms with van der Waals surface area (Å²) in [4.78, 5) is 59.7. The molecular weight excluding hydrogens is 2580 g/mol. The Morgan fingerprint density at radius 3 is 1.09 bits per heavy atom. The van der Waals surface area contributed by atoms with Gasteiger partial charge in [-0.25, -0.2) is 8.42 Å². The standard InChI is InChI=1S/C32H28NSi2.C22H24NSi2.C21H20NOSi.C20H18NO2SSi.4C5H8O2.4Ir/c1-34(2,3)27-19-20-30(33-23-27)24-18-21-32-29(22-24)28-16-10-11-17-31(28)35(32,25-12-6-4-7-13-25)26-14-8-5-9-15-26;1-24(2,3)17-11-12-20(23-15-17)16-10-13-22-19(14-16)18-8-6-7-9-21(18)25(22,4)5;1-14-11-18(22-13-21(14)24(2,3)4)15-9-10-20-17(12-15)16-7-5-6-8-19(16)23-20;1-25(2,3)15-9-10-18(21-13-15)14-8-11-20-17(12-14)16-6-4-5-7-19(16)24(20,22)23;4*1-4(6)3-5(2)7;;;;/h4-17,19-23H,1-3H3;6-9,11-15H,1-5H3;5-8,10-13H,1-4H3;4-7,9-13H,1-3H3;4*3,6H,1-2H3;;;;/q4*-1;;;;;;;;. The molecule has 5 aromatic heterocycles. The number of nitrogens with zero attached hydrogens (tertiary/aromatic N) is 4. The first-order valence-electron chi connectivity index (χ1n) is 45.6. The van der Waals surface area contributed by atoms with E-state index in [0.717, 1.165) is 78.1 Å². The van der Waals surface area contributed by atoms with Gasteiger partial charge in [-0.3, -0.25) is 19.2 Å². The fraction of sp³-hybridized carbons (Fsp3) is 0.200. The quantitative estimate of drug-likeness (QED) is 0.0342. The number of furan rings is 1. The molecule has 8 heterocycles. The summed E-state index contributed by atoms with van der Waals surface area (Å²) >= 11 is 0. The first-order valence-corrected chi connectivity index (χ1v) is 66.0. The maximum Gasteiger partial charge on any atom is 0.173 e. The molecule has 3 aliphatic heterocycles. The number of hydrogen-bond donors (Lipinski definition) is 4. The summed E-state index contributed by atoms with van der Waals surface area (Å²) in [5.41, 5.74) is 17.8. The predicted octanol–water partition coefficient (Wildman–Crippen LogP) is 21.7. The minimum atomic E-state index is -3.44. The van der Waals surface area contributed by atoms with Crippen molar-refractivity contribution in [3.8, 4) is 78.4 Å². The molecule has 15 aromatic rings. The molecule has 141 heavy (non-hydrogen) atoms. The van der Waals surface area contributed by atoms with Crippen molar-refractivity contribution in [3.63, 3.8) is 0 Å². The van der Waals surface area contributed by atoms with Gasteiger partial charge in [-0.15, -0.1) is 105 Å². The molecule has 0 amide bonds. The van der Waals surface area contributed by atoms with Gasteiger partial charge in [0.2, 0.25) is 0 Å². The number of pyridine rings is 4. The SMILES string of the molecule is CC(=O)C=C(C)O.CC(=O)C=C(C)O.CC(=O)C=C(C)O.CC(=O)C=C(C)O.C[Si](C)(C)c1ccc(-c2[c-]cc3c(c2)-c2ccccc2S3(=O)=O)nc1.C[Si](C)(C)c1ccc(-c2[c-]cc3c(c2)-c2ccccc2[Si]3(C)C)nc1.C[Si](C)(C)c1ccc(-c2[c-]cc3c(c2)-c2ccccc2[Si]3(c2ccccc2)c2ccccc2)nc1.Cc1cc(-c2[c-]cc3oc4ccccc4c3c2)ncc1[Si](C)(C)C.[Ir].[Ir].[Ir].[Ir]. The summed E-state index contributed by atoms with van der Waals surface area (Å²) in [6.45, 7) is 46.5. The molecule has 3 aliphatic rings. The van der Waals surface area contributed by atoms with Crippen LogP contribution in [0.15, 0.2) is 335 Å². The Labute approximate surface area is 892 Å².